The molecule has 4 rings (SSSR count). The summed E-state index contributed by atoms with van der Waals surface area (Å²) in [5.41, 5.74) is 2.29. The molecule has 0 aliphatic rings. The van der Waals surface area contributed by atoms with Crippen molar-refractivity contribution in [1.82, 2.24) is 19.9 Å². The number of aryl methyl sites for hydroxylation is 1. The Morgan fingerprint density at radius 1 is 1.07 bits per heavy atom. The van der Waals surface area contributed by atoms with Gasteiger partial charge in [0, 0.05) is 17.0 Å². The number of aromatic nitrogens is 4. The fraction of sp³-hybridized carbons (Fsp3) is 0.250. The average Bonchev–Trinajstić information content (AvgIpc) is 3.35. The molecule has 7 heteroatoms. The number of nitrogens with zero attached hydrogens (tertiary/aromatic N) is 3. The van der Waals surface area contributed by atoms with Crippen LogP contribution in [0.1, 0.15) is 30.5 Å². The molecule has 6 nitrogen and oxygen atoms in total. The van der Waals surface area contributed by atoms with Gasteiger partial charge in [0.05, 0.1) is 0 Å². The first-order chi connectivity index (χ1) is 13.3. The molecule has 0 bridgehead atoms. The fourth-order valence-electron chi connectivity index (χ4n) is 2.73. The van der Waals surface area contributed by atoms with Crippen LogP contribution in [-0.4, -0.2) is 19.9 Å². The molecule has 1 aromatic carbocycles. The lowest BCUT2D eigenvalue weighted by Gasteiger charge is -2.08. The second-order valence-corrected chi connectivity index (χ2v) is 7.23. The van der Waals surface area contributed by atoms with E-state index in [4.69, 9.17) is 4.74 Å². The van der Waals surface area contributed by atoms with E-state index in [0.717, 1.165) is 41.2 Å². The van der Waals surface area contributed by atoms with E-state index in [0.29, 0.717) is 24.1 Å². The van der Waals surface area contributed by atoms with Gasteiger partial charge in [-0.1, -0.05) is 37.6 Å². The van der Waals surface area contributed by atoms with E-state index in [9.17, 15) is 0 Å². The Hall–Kier alpha value is -2.93. The highest BCUT2D eigenvalue weighted by atomic mass is 32.1. The summed E-state index contributed by atoms with van der Waals surface area (Å²) in [5, 5.41) is 5.27. The molecule has 27 heavy (non-hydrogen) atoms. The summed E-state index contributed by atoms with van der Waals surface area (Å²) in [5.74, 6) is 1.91. The number of unbranched alkanes of at least 4 members (excludes halogenated alkanes) is 1. The molecule has 0 unspecified atom stereocenters. The summed E-state index contributed by atoms with van der Waals surface area (Å²) >= 11 is 1.66. The van der Waals surface area contributed by atoms with Gasteiger partial charge in [0.1, 0.15) is 17.9 Å². The SMILES string of the molecule is CCCCc1nc2nc(Nc3ccccc3)nc(OCc3cccs3)c2[nH]1. The van der Waals surface area contributed by atoms with Crippen molar-refractivity contribution in [3.63, 3.8) is 0 Å². The molecule has 2 N–H and O–H groups in total. The number of anilines is 2. The summed E-state index contributed by atoms with van der Waals surface area (Å²) in [6, 6.07) is 13.9. The smallest absolute Gasteiger partial charge is 0.245 e. The van der Waals surface area contributed by atoms with E-state index in [1.165, 1.54) is 0 Å². The number of fused-ring (bicyclic) bond motifs is 1. The maximum atomic E-state index is 6.01. The number of hydrogen-bond donors (Lipinski definition) is 2. The van der Waals surface area contributed by atoms with Crippen LogP contribution in [0.4, 0.5) is 11.6 Å². The zero-order chi connectivity index (χ0) is 18.5. The molecule has 0 atom stereocenters. The number of aromatic amines is 1. The Bertz CT molecular complexity index is 998. The highest BCUT2D eigenvalue weighted by Crippen LogP contribution is 2.25. The minimum absolute atomic E-state index is 0.470. The van der Waals surface area contributed by atoms with Crippen molar-refractivity contribution in [2.75, 3.05) is 5.32 Å². The first-order valence-corrected chi connectivity index (χ1v) is 9.93. The molecule has 0 amide bonds. The van der Waals surface area contributed by atoms with Crippen molar-refractivity contribution in [2.45, 2.75) is 32.8 Å². The van der Waals surface area contributed by atoms with Crippen LogP contribution in [0.15, 0.2) is 47.8 Å². The van der Waals surface area contributed by atoms with Gasteiger partial charge in [-0.05, 0) is 30.0 Å². The number of nitrogens with one attached hydrogen (secondary N) is 2. The molecule has 3 heterocycles. The highest BCUT2D eigenvalue weighted by molar-refractivity contribution is 7.09. The van der Waals surface area contributed by atoms with Gasteiger partial charge in [-0.15, -0.1) is 11.3 Å². The molecule has 0 saturated heterocycles. The maximum Gasteiger partial charge on any atom is 0.245 e. The van der Waals surface area contributed by atoms with Gasteiger partial charge < -0.3 is 15.0 Å². The van der Waals surface area contributed by atoms with Crippen LogP contribution < -0.4 is 10.1 Å². The first-order valence-electron chi connectivity index (χ1n) is 9.05. The van der Waals surface area contributed by atoms with Crippen LogP contribution in [0.5, 0.6) is 5.88 Å². The summed E-state index contributed by atoms with van der Waals surface area (Å²) in [6.07, 6.45) is 3.08. The normalized spacial score (nSPS) is 11.0. The van der Waals surface area contributed by atoms with Crippen molar-refractivity contribution < 1.29 is 4.74 Å². The van der Waals surface area contributed by atoms with E-state index >= 15 is 0 Å². The van der Waals surface area contributed by atoms with E-state index in [1.807, 2.05) is 47.8 Å². The number of imidazole rings is 1. The van der Waals surface area contributed by atoms with E-state index < -0.39 is 0 Å². The summed E-state index contributed by atoms with van der Waals surface area (Å²) in [4.78, 5) is 18.3. The largest absolute Gasteiger partial charge is 0.470 e. The first kappa shape index (κ1) is 17.5. The quantitative estimate of drug-likeness (QED) is 0.446. The topological polar surface area (TPSA) is 75.7 Å². The predicted octanol–water partition coefficient (Wildman–Crippen LogP) is 5.08. The average molecular weight is 379 g/mol. The molecular weight excluding hydrogens is 358 g/mol. The molecule has 0 fully saturated rings. The Kier molecular flexibility index (Phi) is 5.29. The third-order valence-corrected chi connectivity index (χ3v) is 4.95. The van der Waals surface area contributed by atoms with Gasteiger partial charge in [-0.25, -0.2) is 4.98 Å². The van der Waals surface area contributed by atoms with E-state index in [2.05, 4.69) is 32.2 Å². The number of hydrogen-bond acceptors (Lipinski definition) is 6. The van der Waals surface area contributed by atoms with Gasteiger partial charge in [0.15, 0.2) is 5.65 Å². The number of thiophene rings is 1. The lowest BCUT2D eigenvalue weighted by atomic mass is 10.2. The second-order valence-electron chi connectivity index (χ2n) is 6.20. The fourth-order valence-corrected chi connectivity index (χ4v) is 3.34. The van der Waals surface area contributed by atoms with Crippen LogP contribution >= 0.6 is 11.3 Å². The van der Waals surface area contributed by atoms with Crippen LogP contribution in [0.2, 0.25) is 0 Å². The Morgan fingerprint density at radius 2 is 1.96 bits per heavy atom. The maximum absolute atomic E-state index is 6.01. The van der Waals surface area contributed by atoms with Crippen molar-refractivity contribution in [2.24, 2.45) is 0 Å². The summed E-state index contributed by atoms with van der Waals surface area (Å²) in [6.45, 7) is 2.64. The van der Waals surface area contributed by atoms with Crippen LogP contribution in [0.3, 0.4) is 0 Å². The predicted molar refractivity (Wildman–Crippen MR) is 109 cm³/mol. The molecule has 0 aliphatic carbocycles. The van der Waals surface area contributed by atoms with Gasteiger partial charge in [-0.3, -0.25) is 0 Å². The second kappa shape index (κ2) is 8.18. The van der Waals surface area contributed by atoms with Crippen molar-refractivity contribution in [3.05, 3.63) is 58.5 Å². The molecule has 0 radical (unpaired) electrons. The van der Waals surface area contributed by atoms with Crippen molar-refractivity contribution in [1.29, 1.82) is 0 Å². The van der Waals surface area contributed by atoms with Crippen LogP contribution in [-0.2, 0) is 13.0 Å². The van der Waals surface area contributed by atoms with Crippen LogP contribution in [0, 0.1) is 0 Å². The number of rotatable bonds is 8. The summed E-state index contributed by atoms with van der Waals surface area (Å²) in [7, 11) is 0. The molecule has 4 aromatic rings. The highest BCUT2D eigenvalue weighted by Gasteiger charge is 2.14. The van der Waals surface area contributed by atoms with E-state index in [-0.39, 0.29) is 0 Å². The summed E-state index contributed by atoms with van der Waals surface area (Å²) < 4.78 is 6.01. The lowest BCUT2D eigenvalue weighted by Crippen LogP contribution is -2.02. The van der Waals surface area contributed by atoms with Crippen molar-refractivity contribution >= 4 is 34.1 Å². The van der Waals surface area contributed by atoms with Gasteiger partial charge in [0.25, 0.3) is 0 Å². The van der Waals surface area contributed by atoms with Crippen LogP contribution in [0.25, 0.3) is 11.2 Å². The van der Waals surface area contributed by atoms with Crippen molar-refractivity contribution in [3.8, 4) is 5.88 Å². The minimum Gasteiger partial charge on any atom is -0.470 e. The minimum atomic E-state index is 0.470. The molecule has 0 spiro atoms. The third-order valence-electron chi connectivity index (χ3n) is 4.10. The Labute approximate surface area is 161 Å². The Morgan fingerprint density at radius 3 is 2.74 bits per heavy atom. The molecule has 0 saturated carbocycles. The zero-order valence-corrected chi connectivity index (χ0v) is 15.9. The molecule has 0 aliphatic heterocycles. The number of para-hydroxylation sites is 1. The molecule has 3 aromatic heterocycles. The van der Waals surface area contributed by atoms with Gasteiger partial charge in [-0.2, -0.15) is 9.97 Å². The molecular formula is C20H21N5OS. The Balaban J connectivity index is 1.66. The van der Waals surface area contributed by atoms with Gasteiger partial charge in [0.2, 0.25) is 11.8 Å². The third kappa shape index (κ3) is 4.25. The molecule has 138 valence electrons. The number of benzene rings is 1. The van der Waals surface area contributed by atoms with Gasteiger partial charge >= 0.3 is 0 Å². The standard InChI is InChI=1S/C20H21N5OS/c1-2-3-11-16-22-17-18(23-16)24-20(21-14-8-5-4-6-9-14)25-19(17)26-13-15-10-7-12-27-15/h4-10,12H,2-3,11,13H2,1H3,(H2,21,22,23,24,25). The lowest BCUT2D eigenvalue weighted by molar-refractivity contribution is 0.301. The van der Waals surface area contributed by atoms with E-state index in [1.54, 1.807) is 11.3 Å². The number of ether oxygens (including phenoxy) is 1. The number of H-pyrrole nitrogens is 1. The zero-order valence-electron chi connectivity index (χ0n) is 15.1. The monoisotopic (exact) mass is 379 g/mol.